The maximum Gasteiger partial charge on any atom is 0.262 e. The fourth-order valence-electron chi connectivity index (χ4n) is 3.61. The number of hydrogen-bond acceptors (Lipinski definition) is 2. The van der Waals surface area contributed by atoms with E-state index in [4.69, 9.17) is 4.43 Å². The van der Waals surface area contributed by atoms with Gasteiger partial charge in [-0.2, -0.15) is 0 Å². The highest BCUT2D eigenvalue weighted by Gasteiger charge is 2.51. The van der Waals surface area contributed by atoms with Crippen molar-refractivity contribution in [1.82, 2.24) is 0 Å². The molecule has 2 rings (SSSR count). The molecular weight excluding hydrogens is 348 g/mol. The Morgan fingerprint density at radius 3 is 1.81 bits per heavy atom. The highest BCUT2D eigenvalue weighted by molar-refractivity contribution is 6.99. The summed E-state index contributed by atoms with van der Waals surface area (Å²) in [6.45, 7) is 10.9. The van der Waals surface area contributed by atoms with Gasteiger partial charge in [-0.05, 0) is 42.1 Å². The van der Waals surface area contributed by atoms with Gasteiger partial charge in [0.05, 0.1) is 0 Å². The predicted octanol–water partition coefficient (Wildman–Crippen LogP) is 4.88. The molecule has 2 nitrogen and oxygen atoms in total. The van der Waals surface area contributed by atoms with Crippen molar-refractivity contribution < 1.29 is 9.22 Å². The summed E-state index contributed by atoms with van der Waals surface area (Å²) in [4.78, 5) is 11.9. The lowest BCUT2D eigenvalue weighted by Crippen LogP contribution is -2.67. The van der Waals surface area contributed by atoms with Crippen molar-refractivity contribution in [1.29, 1.82) is 0 Å². The second-order valence-corrected chi connectivity index (χ2v) is 12.6. The first-order valence-corrected chi connectivity index (χ1v) is 11.6. The molecule has 0 heterocycles. The van der Waals surface area contributed by atoms with Gasteiger partial charge >= 0.3 is 0 Å². The van der Waals surface area contributed by atoms with Crippen LogP contribution in [0.4, 0.5) is 0 Å². The average Bonchev–Trinajstić information content (AvgIpc) is 2.64. The van der Waals surface area contributed by atoms with E-state index in [9.17, 15) is 4.79 Å². The summed E-state index contributed by atoms with van der Waals surface area (Å²) < 4.78 is 6.85. The summed E-state index contributed by atoms with van der Waals surface area (Å²) in [6, 6.07) is 20.9. The Morgan fingerprint density at radius 1 is 0.963 bits per heavy atom. The lowest BCUT2D eigenvalue weighted by Gasteiger charge is -2.44. The number of hydrogen-bond donors (Lipinski definition) is 0. The van der Waals surface area contributed by atoms with Crippen LogP contribution in [0.25, 0.3) is 0 Å². The zero-order chi connectivity index (χ0) is 19.9. The predicted molar refractivity (Wildman–Crippen MR) is 117 cm³/mol. The molecule has 0 aliphatic heterocycles. The van der Waals surface area contributed by atoms with Crippen LogP contribution in [0, 0.1) is 0 Å². The quantitative estimate of drug-likeness (QED) is 0.371. The highest BCUT2D eigenvalue weighted by atomic mass is 28.4. The maximum absolute atomic E-state index is 11.9. The van der Waals surface area contributed by atoms with Gasteiger partial charge in [-0.15, -0.1) is 0 Å². The lowest BCUT2D eigenvalue weighted by molar-refractivity contribution is -0.114. The number of rotatable bonds is 8. The van der Waals surface area contributed by atoms with E-state index in [2.05, 4.69) is 89.2 Å². The van der Waals surface area contributed by atoms with E-state index in [0.717, 1.165) is 12.7 Å². The van der Waals surface area contributed by atoms with Crippen LogP contribution >= 0.6 is 0 Å². The van der Waals surface area contributed by atoms with Crippen molar-refractivity contribution in [2.45, 2.75) is 58.6 Å². The smallest absolute Gasteiger partial charge is 0.262 e. The van der Waals surface area contributed by atoms with Gasteiger partial charge in [-0.3, -0.25) is 0 Å². The summed E-state index contributed by atoms with van der Waals surface area (Å²) in [5.41, 5.74) is 1.27. The van der Waals surface area contributed by atoms with Gasteiger partial charge in [-0.1, -0.05) is 93.1 Å². The Balaban J connectivity index is 2.54. The monoisotopic (exact) mass is 380 g/mol. The topological polar surface area (TPSA) is 26.3 Å². The Bertz CT molecular complexity index is 701. The molecule has 0 aliphatic carbocycles. The van der Waals surface area contributed by atoms with Gasteiger partial charge in [0.25, 0.3) is 8.32 Å². The SMILES string of the molecule is CC(C)=CCCC(C=O)O[Si](c1ccccc1)(c1ccccc1)C(C)(C)C. The van der Waals surface area contributed by atoms with Gasteiger partial charge in [0.2, 0.25) is 0 Å². The number of allylic oxidation sites excluding steroid dienone is 2. The van der Waals surface area contributed by atoms with Crippen molar-refractivity contribution in [2.75, 3.05) is 0 Å². The molecular formula is C24H32O2Si. The number of aldehydes is 1. The molecule has 0 saturated carbocycles. The first-order valence-electron chi connectivity index (χ1n) is 9.69. The molecule has 0 amide bonds. The standard InChI is InChI=1S/C24H32O2Si/c1-20(2)13-12-14-21(19-25)26-27(24(3,4)5,22-15-8-6-9-16-22)23-17-10-7-11-18-23/h6-11,13,15-19,21H,12,14H2,1-5H3. The van der Waals surface area contributed by atoms with Crippen molar-refractivity contribution >= 4 is 25.0 Å². The number of benzene rings is 2. The first-order chi connectivity index (χ1) is 12.8. The molecule has 0 saturated heterocycles. The Hall–Kier alpha value is -1.97. The molecule has 0 spiro atoms. The van der Waals surface area contributed by atoms with Crippen molar-refractivity contribution in [3.63, 3.8) is 0 Å². The van der Waals surface area contributed by atoms with Gasteiger partial charge in [-0.25, -0.2) is 0 Å². The first kappa shape index (κ1) is 21.3. The normalized spacial score (nSPS) is 13.1. The lowest BCUT2D eigenvalue weighted by atomic mass is 10.2. The number of carbonyl (C=O) groups excluding carboxylic acids is 1. The molecule has 144 valence electrons. The zero-order valence-electron chi connectivity index (χ0n) is 17.2. The fraction of sp³-hybridized carbons (Fsp3) is 0.375. The third-order valence-corrected chi connectivity index (χ3v) is 9.96. The molecule has 27 heavy (non-hydrogen) atoms. The van der Waals surface area contributed by atoms with E-state index >= 15 is 0 Å². The van der Waals surface area contributed by atoms with Crippen LogP contribution in [0.2, 0.25) is 5.04 Å². The minimum Gasteiger partial charge on any atom is -0.398 e. The Morgan fingerprint density at radius 2 is 1.44 bits per heavy atom. The number of carbonyl (C=O) groups is 1. The molecule has 0 N–H and O–H groups in total. The average molecular weight is 381 g/mol. The van der Waals surface area contributed by atoms with Crippen LogP contribution in [-0.4, -0.2) is 20.7 Å². The van der Waals surface area contributed by atoms with Crippen LogP contribution < -0.4 is 10.4 Å². The fourth-order valence-corrected chi connectivity index (χ4v) is 8.25. The molecule has 0 radical (unpaired) electrons. The van der Waals surface area contributed by atoms with Crippen molar-refractivity contribution in [3.05, 3.63) is 72.3 Å². The van der Waals surface area contributed by atoms with Gasteiger partial charge in [0.15, 0.2) is 0 Å². The molecule has 0 aliphatic rings. The molecule has 1 unspecified atom stereocenters. The van der Waals surface area contributed by atoms with Crippen molar-refractivity contribution in [2.24, 2.45) is 0 Å². The Kier molecular flexibility index (Phi) is 7.34. The maximum atomic E-state index is 11.9. The van der Waals surface area contributed by atoms with Crippen molar-refractivity contribution in [3.8, 4) is 0 Å². The summed E-state index contributed by atoms with van der Waals surface area (Å²) >= 11 is 0. The second kappa shape index (κ2) is 9.29. The third kappa shape index (κ3) is 5.05. The van der Waals surface area contributed by atoms with Gasteiger partial charge < -0.3 is 9.22 Å². The minimum absolute atomic E-state index is 0.118. The largest absolute Gasteiger partial charge is 0.398 e. The molecule has 0 aromatic heterocycles. The molecule has 1 atom stereocenters. The van der Waals surface area contributed by atoms with E-state index in [-0.39, 0.29) is 5.04 Å². The summed E-state index contributed by atoms with van der Waals surface area (Å²) in [7, 11) is -2.66. The van der Waals surface area contributed by atoms with Gasteiger partial charge in [0.1, 0.15) is 12.4 Å². The summed E-state index contributed by atoms with van der Waals surface area (Å²) in [5.74, 6) is 0. The second-order valence-electron chi connectivity index (χ2n) is 8.31. The molecule has 0 bridgehead atoms. The van der Waals surface area contributed by atoms with E-state index in [0.29, 0.717) is 6.42 Å². The highest BCUT2D eigenvalue weighted by Crippen LogP contribution is 2.37. The molecule has 2 aromatic rings. The van der Waals surface area contributed by atoms with E-state index in [1.807, 2.05) is 12.1 Å². The molecule has 2 aromatic carbocycles. The third-order valence-electron chi connectivity index (χ3n) is 4.90. The van der Waals surface area contributed by atoms with Crippen LogP contribution in [-0.2, 0) is 9.22 Å². The molecule has 0 fully saturated rings. The Labute approximate surface area is 165 Å². The minimum atomic E-state index is -2.66. The van der Waals surface area contributed by atoms with Crippen LogP contribution in [0.3, 0.4) is 0 Å². The van der Waals surface area contributed by atoms with E-state index in [1.54, 1.807) is 0 Å². The van der Waals surface area contributed by atoms with Crippen LogP contribution in [0.5, 0.6) is 0 Å². The van der Waals surface area contributed by atoms with E-state index < -0.39 is 14.4 Å². The summed E-state index contributed by atoms with van der Waals surface area (Å²) in [6.07, 6.45) is 4.30. The zero-order valence-corrected chi connectivity index (χ0v) is 18.2. The van der Waals surface area contributed by atoms with Crippen LogP contribution in [0.1, 0.15) is 47.5 Å². The molecule has 3 heteroatoms. The van der Waals surface area contributed by atoms with Crippen LogP contribution in [0.15, 0.2) is 72.3 Å². The van der Waals surface area contributed by atoms with E-state index in [1.165, 1.54) is 15.9 Å². The van der Waals surface area contributed by atoms with Gasteiger partial charge in [0, 0.05) is 0 Å². The summed E-state index contributed by atoms with van der Waals surface area (Å²) in [5, 5.41) is 2.29.